The first-order chi connectivity index (χ1) is 5.58. The van der Waals surface area contributed by atoms with Gasteiger partial charge in [0.05, 0.1) is 5.69 Å². The predicted molar refractivity (Wildman–Crippen MR) is 50.5 cm³/mol. The highest BCUT2D eigenvalue weighted by atomic mass is 35.9. The van der Waals surface area contributed by atoms with Crippen molar-refractivity contribution < 1.29 is 9.19 Å². The summed E-state index contributed by atoms with van der Waals surface area (Å²) in [4.78, 5) is 0. The molecule has 0 aliphatic heterocycles. The number of rotatable bonds is 3. The zero-order valence-corrected chi connectivity index (χ0v) is 8.31. The van der Waals surface area contributed by atoms with E-state index in [1.54, 1.807) is 24.3 Å². The number of para-hydroxylation sites is 1. The van der Waals surface area contributed by atoms with E-state index in [9.17, 15) is 4.57 Å². The van der Waals surface area contributed by atoms with Gasteiger partial charge in [-0.2, -0.15) is 4.62 Å². The Bertz CT molecular complexity index is 287. The fourth-order valence-electron chi connectivity index (χ4n) is 0.612. The second kappa shape index (κ2) is 4.15. The van der Waals surface area contributed by atoms with Crippen molar-refractivity contribution in [1.29, 1.82) is 0 Å². The molecule has 0 aliphatic rings. The van der Waals surface area contributed by atoms with Crippen LogP contribution in [0.15, 0.2) is 30.3 Å². The molecule has 1 aromatic rings. The normalized spacial score (nSPS) is 11.2. The lowest BCUT2D eigenvalue weighted by atomic mass is 10.3. The lowest BCUT2D eigenvalue weighted by molar-refractivity contribution is 0.414. The molecule has 0 fully saturated rings. The van der Waals surface area contributed by atoms with Gasteiger partial charge >= 0.3 is 6.07 Å². The number of anilines is 1. The van der Waals surface area contributed by atoms with E-state index in [2.05, 4.69) is 10.1 Å². The maximum atomic E-state index is 10.6. The van der Waals surface area contributed by atoms with Crippen LogP contribution < -0.4 is 5.48 Å². The minimum atomic E-state index is -3.50. The molecule has 1 aromatic carbocycles. The Kier molecular flexibility index (Phi) is 3.41. The molecule has 0 atom stereocenters. The van der Waals surface area contributed by atoms with Crippen molar-refractivity contribution in [3.63, 3.8) is 0 Å². The van der Waals surface area contributed by atoms with E-state index in [1.165, 1.54) is 0 Å². The molecule has 1 N–H and O–H groups in total. The van der Waals surface area contributed by atoms with Crippen LogP contribution in [0, 0.1) is 0 Å². The highest BCUT2D eigenvalue weighted by Gasteiger charge is 2.14. The van der Waals surface area contributed by atoms with Crippen molar-refractivity contribution in [3.8, 4) is 0 Å². The van der Waals surface area contributed by atoms with E-state index < -0.39 is 6.07 Å². The maximum absolute atomic E-state index is 10.6. The van der Waals surface area contributed by atoms with Crippen LogP contribution in [0.3, 0.4) is 0 Å². The number of hydrogen-bond acceptors (Lipinski definition) is 3. The fourth-order valence-corrected chi connectivity index (χ4v) is 1.03. The summed E-state index contributed by atoms with van der Waals surface area (Å²) in [6.45, 7) is 0. The van der Waals surface area contributed by atoms with Crippen LogP contribution in [-0.2, 0) is 9.19 Å². The lowest BCUT2D eigenvalue weighted by Gasteiger charge is -2.05. The van der Waals surface area contributed by atoms with Crippen LogP contribution in [0.2, 0.25) is 0 Å². The summed E-state index contributed by atoms with van der Waals surface area (Å²) in [5, 5.41) is 0. The van der Waals surface area contributed by atoms with E-state index >= 15 is 0 Å². The monoisotopic (exact) mass is 225 g/mol. The minimum absolute atomic E-state index is 0.638. The molecule has 0 bridgehead atoms. The van der Waals surface area contributed by atoms with E-state index in [0.717, 1.165) is 0 Å². The van der Waals surface area contributed by atoms with Gasteiger partial charge in [0.25, 0.3) is 0 Å². The van der Waals surface area contributed by atoms with Gasteiger partial charge < -0.3 is 0 Å². The van der Waals surface area contributed by atoms with Gasteiger partial charge in [-0.25, -0.2) is 0 Å². The summed E-state index contributed by atoms with van der Waals surface area (Å²) in [5.74, 6) is 0. The van der Waals surface area contributed by atoms with Crippen LogP contribution in [0.5, 0.6) is 0 Å². The Balaban J connectivity index is 2.50. The van der Waals surface area contributed by atoms with Crippen molar-refractivity contribution in [2.45, 2.75) is 0 Å². The van der Waals surface area contributed by atoms with Gasteiger partial charge in [-0.3, -0.25) is 10.0 Å². The third-order valence-corrected chi connectivity index (χ3v) is 1.76. The Morgan fingerprint density at radius 2 is 1.83 bits per heavy atom. The second-order valence-corrected chi connectivity index (χ2v) is 6.17. The quantitative estimate of drug-likeness (QED) is 0.631. The van der Waals surface area contributed by atoms with E-state index in [4.69, 9.17) is 22.5 Å². The topological polar surface area (TPSA) is 38.3 Å². The third kappa shape index (κ3) is 3.98. The number of benzene rings is 1. The SMILES string of the molecule is O=P(Cl)(Cl)ONc1ccccc1. The molecule has 0 unspecified atom stereocenters. The molecule has 0 aliphatic carbocycles. The van der Waals surface area contributed by atoms with Gasteiger partial charge in [-0.05, 0) is 34.6 Å². The average Bonchev–Trinajstić information content (AvgIpc) is 2.02. The van der Waals surface area contributed by atoms with Gasteiger partial charge in [-0.15, -0.1) is 0 Å². The van der Waals surface area contributed by atoms with Crippen LogP contribution in [0.4, 0.5) is 5.69 Å². The summed E-state index contributed by atoms with van der Waals surface area (Å²) in [6, 6.07) is 8.87. The van der Waals surface area contributed by atoms with E-state index in [0.29, 0.717) is 5.69 Å². The molecule has 66 valence electrons. The zero-order chi connectivity index (χ0) is 9.03. The van der Waals surface area contributed by atoms with Crippen molar-refractivity contribution in [2.75, 3.05) is 5.48 Å². The summed E-state index contributed by atoms with van der Waals surface area (Å²) in [6.07, 6.45) is -3.50. The van der Waals surface area contributed by atoms with Crippen molar-refractivity contribution in [3.05, 3.63) is 30.3 Å². The zero-order valence-electron chi connectivity index (χ0n) is 5.91. The number of nitrogens with one attached hydrogen (secondary N) is 1. The third-order valence-electron chi connectivity index (χ3n) is 1.04. The van der Waals surface area contributed by atoms with Gasteiger partial charge in [0.15, 0.2) is 0 Å². The second-order valence-electron chi connectivity index (χ2n) is 1.97. The Hall–Kier alpha value is -0.210. The average molecular weight is 226 g/mol. The van der Waals surface area contributed by atoms with Gasteiger partial charge in [0.1, 0.15) is 0 Å². The highest BCUT2D eigenvalue weighted by Crippen LogP contribution is 2.57. The standard InChI is InChI=1S/C6H6Cl2NO2P/c7-12(8,10)11-9-6-4-2-1-3-5-6/h1-5,9H. The molecule has 0 heterocycles. The van der Waals surface area contributed by atoms with E-state index in [-0.39, 0.29) is 0 Å². The van der Waals surface area contributed by atoms with Crippen LogP contribution in [0.1, 0.15) is 0 Å². The Morgan fingerprint density at radius 1 is 1.25 bits per heavy atom. The molecular formula is C6H6Cl2NO2P. The van der Waals surface area contributed by atoms with Crippen LogP contribution in [-0.4, -0.2) is 0 Å². The van der Waals surface area contributed by atoms with Crippen molar-refractivity contribution >= 4 is 34.2 Å². The molecule has 3 nitrogen and oxygen atoms in total. The summed E-state index contributed by atoms with van der Waals surface area (Å²) < 4.78 is 15.1. The summed E-state index contributed by atoms with van der Waals surface area (Å²) >= 11 is 10.2. The molecule has 6 heteroatoms. The lowest BCUT2D eigenvalue weighted by Crippen LogP contribution is -1.93. The fraction of sp³-hybridized carbons (Fsp3) is 0. The predicted octanol–water partition coefficient (Wildman–Crippen LogP) is 3.62. The Morgan fingerprint density at radius 3 is 2.33 bits per heavy atom. The van der Waals surface area contributed by atoms with E-state index in [1.807, 2.05) is 6.07 Å². The summed E-state index contributed by atoms with van der Waals surface area (Å²) in [7, 11) is 0. The molecule has 0 aromatic heterocycles. The van der Waals surface area contributed by atoms with Crippen molar-refractivity contribution in [2.24, 2.45) is 0 Å². The Labute approximate surface area is 79.6 Å². The highest BCUT2D eigenvalue weighted by molar-refractivity contribution is 8.05. The largest absolute Gasteiger partial charge is 0.400 e. The minimum Gasteiger partial charge on any atom is -0.258 e. The van der Waals surface area contributed by atoms with Gasteiger partial charge in [-0.1, -0.05) is 18.2 Å². The molecule has 0 amide bonds. The van der Waals surface area contributed by atoms with Crippen LogP contribution in [0.25, 0.3) is 0 Å². The molecule has 0 saturated heterocycles. The maximum Gasteiger partial charge on any atom is 0.400 e. The first-order valence-corrected chi connectivity index (χ1v) is 6.50. The molecule has 0 saturated carbocycles. The first-order valence-electron chi connectivity index (χ1n) is 3.07. The first kappa shape index (κ1) is 9.87. The van der Waals surface area contributed by atoms with Crippen molar-refractivity contribution in [1.82, 2.24) is 0 Å². The van der Waals surface area contributed by atoms with Crippen LogP contribution >= 0.6 is 28.6 Å². The molecule has 1 rings (SSSR count). The number of halogens is 2. The van der Waals surface area contributed by atoms with Gasteiger partial charge in [0.2, 0.25) is 0 Å². The number of hydrogen-bond donors (Lipinski definition) is 1. The molecular weight excluding hydrogens is 220 g/mol. The van der Waals surface area contributed by atoms with Gasteiger partial charge in [0, 0.05) is 0 Å². The summed E-state index contributed by atoms with van der Waals surface area (Å²) in [5.41, 5.74) is 3.00. The molecule has 12 heavy (non-hydrogen) atoms. The smallest absolute Gasteiger partial charge is 0.258 e. The molecule has 0 radical (unpaired) electrons. The molecule has 0 spiro atoms.